The lowest BCUT2D eigenvalue weighted by atomic mass is 10.2. The van der Waals surface area contributed by atoms with Crippen molar-refractivity contribution in [1.82, 2.24) is 10.3 Å². The average Bonchev–Trinajstić information content (AvgIpc) is 2.80. The molecule has 9 nitrogen and oxygen atoms in total. The maximum absolute atomic E-state index is 12.2. The number of hydrogen-bond donors (Lipinski definition) is 3. The van der Waals surface area contributed by atoms with Gasteiger partial charge in [0.25, 0.3) is 5.91 Å². The molecule has 9 heteroatoms. The van der Waals surface area contributed by atoms with Gasteiger partial charge in [0, 0.05) is 25.0 Å². The molecule has 0 saturated carbocycles. The summed E-state index contributed by atoms with van der Waals surface area (Å²) in [4.78, 5) is 40.0. The van der Waals surface area contributed by atoms with E-state index in [0.717, 1.165) is 0 Å². The third-order valence-corrected chi connectivity index (χ3v) is 4.10. The van der Waals surface area contributed by atoms with Crippen molar-refractivity contribution in [3.8, 4) is 17.2 Å². The first-order valence-corrected chi connectivity index (χ1v) is 9.21. The lowest BCUT2D eigenvalue weighted by Gasteiger charge is -2.10. The molecule has 3 amide bonds. The molecule has 0 fully saturated rings. The molecular formula is C22H20N4O5. The van der Waals surface area contributed by atoms with Crippen molar-refractivity contribution in [2.45, 2.75) is 0 Å². The molecule has 0 radical (unpaired) electrons. The first-order valence-electron chi connectivity index (χ1n) is 9.21. The molecule has 3 aromatic rings. The first kappa shape index (κ1) is 21.3. The van der Waals surface area contributed by atoms with Gasteiger partial charge in [0.2, 0.25) is 0 Å². The van der Waals surface area contributed by atoms with Gasteiger partial charge in [-0.25, -0.2) is 0 Å². The number of pyridine rings is 1. The SMILES string of the molecule is CNC(=O)c1cc(Oc2ccc(NC(=O)C(=O)Nc3ccccc3OC)cc2)ccn1. The fourth-order valence-electron chi connectivity index (χ4n) is 2.58. The van der Waals surface area contributed by atoms with E-state index in [2.05, 4.69) is 20.9 Å². The molecule has 0 bridgehead atoms. The van der Waals surface area contributed by atoms with Gasteiger partial charge >= 0.3 is 11.8 Å². The molecule has 0 aliphatic heterocycles. The van der Waals surface area contributed by atoms with Crippen LogP contribution in [-0.2, 0) is 9.59 Å². The molecule has 1 aromatic heterocycles. The zero-order chi connectivity index (χ0) is 22.2. The number of methoxy groups -OCH3 is 1. The third-order valence-electron chi connectivity index (χ3n) is 4.10. The number of para-hydroxylation sites is 2. The minimum atomic E-state index is -0.830. The summed E-state index contributed by atoms with van der Waals surface area (Å²) in [7, 11) is 2.99. The van der Waals surface area contributed by atoms with E-state index in [-0.39, 0.29) is 11.6 Å². The molecule has 0 unspecified atom stereocenters. The quantitative estimate of drug-likeness (QED) is 0.528. The topological polar surface area (TPSA) is 119 Å². The van der Waals surface area contributed by atoms with Crippen molar-refractivity contribution in [2.24, 2.45) is 0 Å². The van der Waals surface area contributed by atoms with E-state index >= 15 is 0 Å². The largest absolute Gasteiger partial charge is 0.495 e. The van der Waals surface area contributed by atoms with Crippen LogP contribution in [-0.4, -0.2) is 36.9 Å². The maximum Gasteiger partial charge on any atom is 0.314 e. The number of aromatic nitrogens is 1. The number of anilines is 2. The Morgan fingerprint density at radius 2 is 1.58 bits per heavy atom. The summed E-state index contributed by atoms with van der Waals surface area (Å²) in [6.45, 7) is 0. The molecule has 0 spiro atoms. The molecule has 1 heterocycles. The summed E-state index contributed by atoms with van der Waals surface area (Å²) in [6.07, 6.45) is 1.47. The third kappa shape index (κ3) is 5.57. The number of ether oxygens (including phenoxy) is 2. The van der Waals surface area contributed by atoms with Crippen molar-refractivity contribution < 1.29 is 23.9 Å². The van der Waals surface area contributed by atoms with Crippen molar-refractivity contribution in [1.29, 1.82) is 0 Å². The highest BCUT2D eigenvalue weighted by atomic mass is 16.5. The van der Waals surface area contributed by atoms with Crippen LogP contribution in [0.3, 0.4) is 0 Å². The second kappa shape index (κ2) is 9.88. The number of amides is 3. The molecule has 31 heavy (non-hydrogen) atoms. The van der Waals surface area contributed by atoms with Crippen LogP contribution >= 0.6 is 0 Å². The Bertz CT molecular complexity index is 1100. The van der Waals surface area contributed by atoms with Gasteiger partial charge in [0.05, 0.1) is 12.8 Å². The summed E-state index contributed by atoms with van der Waals surface area (Å²) in [5, 5.41) is 7.51. The highest BCUT2D eigenvalue weighted by molar-refractivity contribution is 6.43. The van der Waals surface area contributed by atoms with Crippen LogP contribution in [0.4, 0.5) is 11.4 Å². The van der Waals surface area contributed by atoms with E-state index in [1.807, 2.05) is 0 Å². The van der Waals surface area contributed by atoms with Gasteiger partial charge in [-0.2, -0.15) is 0 Å². The Balaban J connectivity index is 1.60. The molecule has 0 saturated heterocycles. The van der Waals surface area contributed by atoms with Gasteiger partial charge in [0.1, 0.15) is 22.9 Å². The summed E-state index contributed by atoms with van der Waals surface area (Å²) in [6, 6.07) is 16.3. The zero-order valence-electron chi connectivity index (χ0n) is 16.8. The van der Waals surface area contributed by atoms with Gasteiger partial charge in [-0.3, -0.25) is 19.4 Å². The molecule has 0 aliphatic rings. The number of nitrogens with zero attached hydrogens (tertiary/aromatic N) is 1. The van der Waals surface area contributed by atoms with E-state index in [1.165, 1.54) is 26.4 Å². The van der Waals surface area contributed by atoms with Crippen LogP contribution in [0.25, 0.3) is 0 Å². The predicted octanol–water partition coefficient (Wildman–Crippen LogP) is 2.82. The van der Waals surface area contributed by atoms with E-state index < -0.39 is 11.8 Å². The van der Waals surface area contributed by atoms with Crippen LogP contribution in [0.2, 0.25) is 0 Å². The van der Waals surface area contributed by atoms with Gasteiger partial charge in [-0.1, -0.05) is 12.1 Å². The van der Waals surface area contributed by atoms with E-state index in [1.54, 1.807) is 54.6 Å². The van der Waals surface area contributed by atoms with Crippen LogP contribution in [0.15, 0.2) is 66.9 Å². The predicted molar refractivity (Wildman–Crippen MR) is 114 cm³/mol. The molecule has 3 rings (SSSR count). The van der Waals surface area contributed by atoms with Crippen molar-refractivity contribution in [3.63, 3.8) is 0 Å². The van der Waals surface area contributed by atoms with Gasteiger partial charge in [-0.05, 0) is 42.5 Å². The van der Waals surface area contributed by atoms with Gasteiger partial charge in [0.15, 0.2) is 0 Å². The molecule has 158 valence electrons. The van der Waals surface area contributed by atoms with Crippen molar-refractivity contribution in [2.75, 3.05) is 24.8 Å². The van der Waals surface area contributed by atoms with Crippen LogP contribution in [0, 0.1) is 0 Å². The number of benzene rings is 2. The highest BCUT2D eigenvalue weighted by Crippen LogP contribution is 2.24. The van der Waals surface area contributed by atoms with Crippen molar-refractivity contribution >= 4 is 29.1 Å². The monoisotopic (exact) mass is 420 g/mol. The lowest BCUT2D eigenvalue weighted by Crippen LogP contribution is -2.29. The molecule has 0 aliphatic carbocycles. The lowest BCUT2D eigenvalue weighted by molar-refractivity contribution is -0.133. The zero-order valence-corrected chi connectivity index (χ0v) is 16.8. The summed E-state index contributed by atoms with van der Waals surface area (Å²) in [5.41, 5.74) is 1.03. The van der Waals surface area contributed by atoms with Crippen molar-refractivity contribution in [3.05, 3.63) is 72.6 Å². The smallest absolute Gasteiger partial charge is 0.314 e. The number of carbonyl (C=O) groups is 3. The summed E-state index contributed by atoms with van der Waals surface area (Å²) >= 11 is 0. The van der Waals surface area contributed by atoms with Crippen LogP contribution in [0.1, 0.15) is 10.5 Å². The fraction of sp³-hybridized carbons (Fsp3) is 0.0909. The maximum atomic E-state index is 12.2. The average molecular weight is 420 g/mol. The van der Waals surface area contributed by atoms with Gasteiger partial charge < -0.3 is 25.4 Å². The molecular weight excluding hydrogens is 400 g/mol. The Hall–Kier alpha value is -4.40. The number of carbonyl (C=O) groups excluding carboxylic acids is 3. The fourth-order valence-corrected chi connectivity index (χ4v) is 2.58. The number of nitrogens with one attached hydrogen (secondary N) is 3. The Labute approximate surface area is 178 Å². The van der Waals surface area contributed by atoms with E-state index in [9.17, 15) is 14.4 Å². The minimum absolute atomic E-state index is 0.227. The van der Waals surface area contributed by atoms with Crippen LogP contribution < -0.4 is 25.4 Å². The number of hydrogen-bond acceptors (Lipinski definition) is 6. The highest BCUT2D eigenvalue weighted by Gasteiger charge is 2.16. The summed E-state index contributed by atoms with van der Waals surface area (Å²) < 4.78 is 10.8. The second-order valence-corrected chi connectivity index (χ2v) is 6.19. The van der Waals surface area contributed by atoms with E-state index in [4.69, 9.17) is 9.47 Å². The first-order chi connectivity index (χ1) is 15.0. The normalized spacial score (nSPS) is 10.0. The van der Waals surface area contributed by atoms with Gasteiger partial charge in [-0.15, -0.1) is 0 Å². The Morgan fingerprint density at radius 3 is 2.29 bits per heavy atom. The Morgan fingerprint density at radius 1 is 0.871 bits per heavy atom. The summed E-state index contributed by atoms with van der Waals surface area (Å²) in [5.74, 6) is -0.630. The molecule has 3 N–H and O–H groups in total. The number of rotatable bonds is 6. The van der Waals surface area contributed by atoms with Crippen LogP contribution in [0.5, 0.6) is 17.2 Å². The van der Waals surface area contributed by atoms with E-state index in [0.29, 0.717) is 28.6 Å². The molecule has 0 atom stereocenters. The standard InChI is InChI=1S/C22H20N4O5/c1-23-20(27)18-13-16(11-12-24-18)31-15-9-7-14(8-10-15)25-21(28)22(29)26-17-5-3-4-6-19(17)30-2/h3-13H,1-2H3,(H,23,27)(H,25,28)(H,26,29). The Kier molecular flexibility index (Phi) is 6.79. The second-order valence-electron chi connectivity index (χ2n) is 6.19. The minimum Gasteiger partial charge on any atom is -0.495 e. The molecule has 2 aromatic carbocycles.